The number of benzene rings is 3. The molecule has 33 heavy (non-hydrogen) atoms. The van der Waals surface area contributed by atoms with Gasteiger partial charge in [0.25, 0.3) is 0 Å². The van der Waals surface area contributed by atoms with Gasteiger partial charge in [0.05, 0.1) is 0 Å². The summed E-state index contributed by atoms with van der Waals surface area (Å²) in [5.41, 5.74) is 3.17. The number of aliphatic carboxylic acids is 1. The van der Waals surface area contributed by atoms with E-state index in [-0.39, 0.29) is 37.5 Å². The van der Waals surface area contributed by atoms with Crippen molar-refractivity contribution in [1.82, 2.24) is 4.90 Å². The lowest BCUT2D eigenvalue weighted by molar-refractivity contribution is -0.148. The minimum Gasteiger partial charge on any atom is -0.479 e. The van der Waals surface area contributed by atoms with Crippen molar-refractivity contribution in [3.8, 4) is 11.1 Å². The molecule has 1 saturated heterocycles. The van der Waals surface area contributed by atoms with E-state index in [0.29, 0.717) is 6.42 Å². The standard InChI is InChI=1S/C27H24FNO4/c28-24-13-6-1-8-18(24)16-27(25(30)31)14-7-15-29(27)26(32)33-17-23-21-11-4-2-9-19(21)20-10-3-5-12-22(20)23/h1-6,8-13,23H,7,14-17H2,(H,30,31)/t27-/m0/s1. The molecule has 1 fully saturated rings. The van der Waals surface area contributed by atoms with Gasteiger partial charge < -0.3 is 9.84 Å². The molecule has 5 rings (SSSR count). The zero-order valence-corrected chi connectivity index (χ0v) is 18.0. The summed E-state index contributed by atoms with van der Waals surface area (Å²) in [7, 11) is 0. The van der Waals surface area contributed by atoms with Gasteiger partial charge in [-0.2, -0.15) is 0 Å². The molecule has 0 saturated carbocycles. The zero-order valence-electron chi connectivity index (χ0n) is 18.0. The summed E-state index contributed by atoms with van der Waals surface area (Å²) < 4.78 is 20.0. The first-order valence-corrected chi connectivity index (χ1v) is 11.1. The molecular weight excluding hydrogens is 421 g/mol. The van der Waals surface area contributed by atoms with Crippen LogP contribution in [-0.2, 0) is 16.0 Å². The minimum absolute atomic E-state index is 0.0980. The van der Waals surface area contributed by atoms with E-state index in [1.54, 1.807) is 18.2 Å². The van der Waals surface area contributed by atoms with Gasteiger partial charge in [-0.15, -0.1) is 0 Å². The van der Waals surface area contributed by atoms with Crippen molar-refractivity contribution in [1.29, 1.82) is 0 Å². The van der Waals surface area contributed by atoms with Gasteiger partial charge in [0.2, 0.25) is 0 Å². The first kappa shape index (κ1) is 21.2. The smallest absolute Gasteiger partial charge is 0.410 e. The molecule has 0 aromatic heterocycles. The SMILES string of the molecule is O=C(OCC1c2ccccc2-c2ccccc21)N1CCC[C@]1(Cc1ccccc1F)C(=O)O. The van der Waals surface area contributed by atoms with Gasteiger partial charge in [0.15, 0.2) is 0 Å². The van der Waals surface area contributed by atoms with E-state index in [1.807, 2.05) is 36.4 Å². The molecule has 0 radical (unpaired) electrons. The second-order valence-electron chi connectivity index (χ2n) is 8.66. The first-order valence-electron chi connectivity index (χ1n) is 11.1. The monoisotopic (exact) mass is 445 g/mol. The third-order valence-electron chi connectivity index (χ3n) is 6.88. The highest BCUT2D eigenvalue weighted by Crippen LogP contribution is 2.44. The number of nitrogens with zero attached hydrogens (tertiary/aromatic N) is 1. The number of carbonyl (C=O) groups excluding carboxylic acids is 1. The Morgan fingerprint density at radius 2 is 1.58 bits per heavy atom. The lowest BCUT2D eigenvalue weighted by Gasteiger charge is -2.34. The molecule has 6 heteroatoms. The van der Waals surface area contributed by atoms with Crippen LogP contribution in [0.2, 0.25) is 0 Å². The Bertz CT molecular complexity index is 1180. The van der Waals surface area contributed by atoms with Crippen LogP contribution in [0.1, 0.15) is 35.4 Å². The molecular formula is C27H24FNO4. The summed E-state index contributed by atoms with van der Waals surface area (Å²) in [6, 6.07) is 22.2. The molecule has 1 amide bonds. The fourth-order valence-electron chi connectivity index (χ4n) is 5.26. The van der Waals surface area contributed by atoms with Crippen molar-refractivity contribution in [2.45, 2.75) is 30.7 Å². The van der Waals surface area contributed by atoms with Gasteiger partial charge in [-0.3, -0.25) is 4.90 Å². The number of ether oxygens (including phenoxy) is 1. The molecule has 2 aliphatic rings. The van der Waals surface area contributed by atoms with Crippen LogP contribution in [0.4, 0.5) is 9.18 Å². The fraction of sp³-hybridized carbons (Fsp3) is 0.259. The number of rotatable bonds is 5. The minimum atomic E-state index is -1.52. The molecule has 3 aromatic rings. The molecule has 1 aliphatic carbocycles. The zero-order chi connectivity index (χ0) is 23.0. The summed E-state index contributed by atoms with van der Waals surface area (Å²) in [5, 5.41) is 10.1. The van der Waals surface area contributed by atoms with E-state index in [9.17, 15) is 19.1 Å². The third-order valence-corrected chi connectivity index (χ3v) is 6.88. The quantitative estimate of drug-likeness (QED) is 0.584. The van der Waals surface area contributed by atoms with Gasteiger partial charge in [0.1, 0.15) is 18.0 Å². The number of hydrogen-bond donors (Lipinski definition) is 1. The molecule has 1 N–H and O–H groups in total. The number of halogens is 1. The maximum Gasteiger partial charge on any atom is 0.410 e. The van der Waals surface area contributed by atoms with Crippen LogP contribution in [0, 0.1) is 5.82 Å². The molecule has 3 aromatic carbocycles. The summed E-state index contributed by atoms with van der Waals surface area (Å²) in [6.45, 7) is 0.371. The van der Waals surface area contributed by atoms with Crippen LogP contribution in [0.3, 0.4) is 0 Å². The Morgan fingerprint density at radius 3 is 2.21 bits per heavy atom. The van der Waals surface area contributed by atoms with E-state index >= 15 is 0 Å². The van der Waals surface area contributed by atoms with Crippen molar-refractivity contribution in [2.24, 2.45) is 0 Å². The van der Waals surface area contributed by atoms with Crippen molar-refractivity contribution in [3.63, 3.8) is 0 Å². The summed E-state index contributed by atoms with van der Waals surface area (Å²) in [5.74, 6) is -1.73. The van der Waals surface area contributed by atoms with Gasteiger partial charge in [-0.1, -0.05) is 66.7 Å². The highest BCUT2D eigenvalue weighted by Gasteiger charge is 2.51. The summed E-state index contributed by atoms with van der Waals surface area (Å²) >= 11 is 0. The molecule has 1 heterocycles. The summed E-state index contributed by atoms with van der Waals surface area (Å²) in [6.07, 6.45) is -0.00141. The molecule has 0 bridgehead atoms. The highest BCUT2D eigenvalue weighted by molar-refractivity contribution is 5.86. The predicted octanol–water partition coefficient (Wildman–Crippen LogP) is 5.24. The average molecular weight is 445 g/mol. The van der Waals surface area contributed by atoms with Crippen molar-refractivity contribution < 1.29 is 23.8 Å². The highest BCUT2D eigenvalue weighted by atomic mass is 19.1. The van der Waals surface area contributed by atoms with Gasteiger partial charge in [0, 0.05) is 18.9 Å². The second-order valence-corrected chi connectivity index (χ2v) is 8.66. The van der Waals surface area contributed by atoms with Crippen LogP contribution in [0.15, 0.2) is 72.8 Å². The number of carboxylic acid groups (broad SMARTS) is 1. The molecule has 5 nitrogen and oxygen atoms in total. The number of hydrogen-bond acceptors (Lipinski definition) is 3. The van der Waals surface area contributed by atoms with E-state index in [1.165, 1.54) is 11.0 Å². The lowest BCUT2D eigenvalue weighted by Crippen LogP contribution is -2.55. The van der Waals surface area contributed by atoms with E-state index in [4.69, 9.17) is 4.74 Å². The van der Waals surface area contributed by atoms with Crippen molar-refractivity contribution >= 4 is 12.1 Å². The van der Waals surface area contributed by atoms with E-state index in [0.717, 1.165) is 22.3 Å². The van der Waals surface area contributed by atoms with Gasteiger partial charge in [-0.25, -0.2) is 14.0 Å². The Hall–Kier alpha value is -3.67. The molecule has 1 aliphatic heterocycles. The Balaban J connectivity index is 1.38. The molecule has 0 spiro atoms. The number of carbonyl (C=O) groups is 2. The number of carboxylic acids is 1. The maximum absolute atomic E-state index is 14.3. The van der Waals surface area contributed by atoms with E-state index < -0.39 is 23.4 Å². The molecule has 0 unspecified atom stereocenters. The number of amides is 1. The Labute approximate surface area is 191 Å². The second kappa shape index (κ2) is 8.35. The van der Waals surface area contributed by atoms with Crippen LogP contribution < -0.4 is 0 Å². The van der Waals surface area contributed by atoms with Crippen LogP contribution in [0.25, 0.3) is 11.1 Å². The Morgan fingerprint density at radius 1 is 0.970 bits per heavy atom. The fourth-order valence-corrected chi connectivity index (χ4v) is 5.26. The van der Waals surface area contributed by atoms with Crippen molar-refractivity contribution in [3.05, 3.63) is 95.3 Å². The first-order chi connectivity index (χ1) is 16.0. The van der Waals surface area contributed by atoms with Gasteiger partial charge in [-0.05, 0) is 46.7 Å². The predicted molar refractivity (Wildman–Crippen MR) is 121 cm³/mol. The molecule has 168 valence electrons. The maximum atomic E-state index is 14.3. The largest absolute Gasteiger partial charge is 0.479 e. The van der Waals surface area contributed by atoms with Crippen molar-refractivity contribution in [2.75, 3.05) is 13.2 Å². The van der Waals surface area contributed by atoms with Crippen LogP contribution in [-0.4, -0.2) is 40.8 Å². The van der Waals surface area contributed by atoms with Gasteiger partial charge >= 0.3 is 12.1 Å². The Kier molecular flexibility index (Phi) is 5.36. The number of likely N-dealkylation sites (tertiary alicyclic amines) is 1. The number of fused-ring (bicyclic) bond motifs is 3. The normalized spacial score (nSPS) is 19.2. The molecule has 1 atom stereocenters. The average Bonchev–Trinajstić information content (AvgIpc) is 3.39. The lowest BCUT2D eigenvalue weighted by atomic mass is 9.88. The van der Waals surface area contributed by atoms with Crippen LogP contribution >= 0.6 is 0 Å². The van der Waals surface area contributed by atoms with E-state index in [2.05, 4.69) is 12.1 Å². The van der Waals surface area contributed by atoms with Crippen LogP contribution in [0.5, 0.6) is 0 Å². The third kappa shape index (κ3) is 3.55. The topological polar surface area (TPSA) is 66.8 Å². The summed E-state index contributed by atoms with van der Waals surface area (Å²) in [4.78, 5) is 26.8.